The Balaban J connectivity index is 2.30. The van der Waals surface area contributed by atoms with Gasteiger partial charge in [-0.15, -0.1) is 11.3 Å². The SMILES string of the molecule is CN(C)C(=O)c1csc(-c2ccc(Br)cc2)n1. The lowest BCUT2D eigenvalue weighted by Crippen LogP contribution is -2.21. The van der Waals surface area contributed by atoms with Crippen molar-refractivity contribution in [1.29, 1.82) is 0 Å². The molecule has 0 spiro atoms. The first-order valence-electron chi connectivity index (χ1n) is 5.01. The van der Waals surface area contributed by atoms with Gasteiger partial charge in [0.05, 0.1) is 0 Å². The zero-order valence-corrected chi connectivity index (χ0v) is 11.9. The van der Waals surface area contributed by atoms with E-state index >= 15 is 0 Å². The number of halogens is 1. The second-order valence-corrected chi connectivity index (χ2v) is 5.52. The summed E-state index contributed by atoms with van der Waals surface area (Å²) in [6, 6.07) is 7.88. The summed E-state index contributed by atoms with van der Waals surface area (Å²) in [4.78, 5) is 17.6. The third-order valence-corrected chi connectivity index (χ3v) is 3.64. The van der Waals surface area contributed by atoms with E-state index in [1.165, 1.54) is 16.2 Å². The summed E-state index contributed by atoms with van der Waals surface area (Å²) in [7, 11) is 3.45. The van der Waals surface area contributed by atoms with Gasteiger partial charge in [-0.2, -0.15) is 0 Å². The molecule has 0 fully saturated rings. The van der Waals surface area contributed by atoms with Crippen LogP contribution in [0.5, 0.6) is 0 Å². The Morgan fingerprint density at radius 1 is 1.29 bits per heavy atom. The Bertz CT molecular complexity index is 534. The van der Waals surface area contributed by atoms with E-state index in [-0.39, 0.29) is 5.91 Å². The predicted molar refractivity (Wildman–Crippen MR) is 73.3 cm³/mol. The molecule has 1 amide bonds. The average Bonchev–Trinajstić information content (AvgIpc) is 2.78. The van der Waals surface area contributed by atoms with Crippen molar-refractivity contribution in [2.24, 2.45) is 0 Å². The molecule has 1 aromatic carbocycles. The molecular weight excluding hydrogens is 300 g/mol. The molecule has 88 valence electrons. The zero-order chi connectivity index (χ0) is 12.4. The number of hydrogen-bond acceptors (Lipinski definition) is 3. The Morgan fingerprint density at radius 3 is 2.53 bits per heavy atom. The molecule has 17 heavy (non-hydrogen) atoms. The predicted octanol–water partition coefficient (Wildman–Crippen LogP) is 3.27. The quantitative estimate of drug-likeness (QED) is 0.853. The molecule has 1 aromatic heterocycles. The van der Waals surface area contributed by atoms with Gasteiger partial charge in [0.1, 0.15) is 10.7 Å². The number of amides is 1. The number of benzene rings is 1. The van der Waals surface area contributed by atoms with E-state index in [0.29, 0.717) is 5.69 Å². The van der Waals surface area contributed by atoms with E-state index < -0.39 is 0 Å². The summed E-state index contributed by atoms with van der Waals surface area (Å²) in [5.41, 5.74) is 1.52. The summed E-state index contributed by atoms with van der Waals surface area (Å²) in [6.07, 6.45) is 0. The Hall–Kier alpha value is -1.20. The molecule has 3 nitrogen and oxygen atoms in total. The summed E-state index contributed by atoms with van der Waals surface area (Å²) in [5, 5.41) is 2.65. The van der Waals surface area contributed by atoms with Crippen molar-refractivity contribution >= 4 is 33.2 Å². The van der Waals surface area contributed by atoms with Gasteiger partial charge < -0.3 is 4.90 Å². The monoisotopic (exact) mass is 310 g/mol. The number of carbonyl (C=O) groups is 1. The molecule has 0 atom stereocenters. The van der Waals surface area contributed by atoms with Crippen molar-refractivity contribution in [1.82, 2.24) is 9.88 Å². The number of rotatable bonds is 2. The lowest BCUT2D eigenvalue weighted by atomic mass is 10.2. The minimum atomic E-state index is -0.0652. The van der Waals surface area contributed by atoms with Gasteiger partial charge in [0.2, 0.25) is 0 Å². The minimum Gasteiger partial charge on any atom is -0.343 e. The molecule has 2 rings (SSSR count). The van der Waals surface area contributed by atoms with Gasteiger partial charge in [-0.1, -0.05) is 28.1 Å². The highest BCUT2D eigenvalue weighted by atomic mass is 79.9. The van der Waals surface area contributed by atoms with Gasteiger partial charge in [0.25, 0.3) is 5.91 Å². The van der Waals surface area contributed by atoms with Crippen molar-refractivity contribution in [3.8, 4) is 10.6 Å². The van der Waals surface area contributed by atoms with Gasteiger partial charge in [-0.05, 0) is 12.1 Å². The van der Waals surface area contributed by atoms with Crippen LogP contribution in [0, 0.1) is 0 Å². The Kier molecular flexibility index (Phi) is 3.59. The zero-order valence-electron chi connectivity index (χ0n) is 9.48. The fourth-order valence-electron chi connectivity index (χ4n) is 1.33. The van der Waals surface area contributed by atoms with Crippen LogP contribution in [0.3, 0.4) is 0 Å². The van der Waals surface area contributed by atoms with Crippen LogP contribution in [0.1, 0.15) is 10.5 Å². The summed E-state index contributed by atoms with van der Waals surface area (Å²) in [6.45, 7) is 0. The van der Waals surface area contributed by atoms with Crippen LogP contribution in [0.4, 0.5) is 0 Å². The highest BCUT2D eigenvalue weighted by Gasteiger charge is 2.13. The van der Waals surface area contributed by atoms with Crippen LogP contribution in [0.2, 0.25) is 0 Å². The molecular formula is C12H11BrN2OS. The van der Waals surface area contributed by atoms with Gasteiger partial charge in [0.15, 0.2) is 0 Å². The third-order valence-electron chi connectivity index (χ3n) is 2.22. The molecule has 0 bridgehead atoms. The van der Waals surface area contributed by atoms with Crippen LogP contribution in [-0.2, 0) is 0 Å². The molecule has 5 heteroatoms. The largest absolute Gasteiger partial charge is 0.343 e. The Labute approximate surface area is 112 Å². The summed E-state index contributed by atoms with van der Waals surface area (Å²) < 4.78 is 1.03. The van der Waals surface area contributed by atoms with Crippen LogP contribution in [-0.4, -0.2) is 29.9 Å². The van der Waals surface area contributed by atoms with E-state index in [0.717, 1.165) is 15.0 Å². The van der Waals surface area contributed by atoms with Crippen LogP contribution >= 0.6 is 27.3 Å². The van der Waals surface area contributed by atoms with Gasteiger partial charge in [-0.25, -0.2) is 4.98 Å². The number of nitrogens with zero attached hydrogens (tertiary/aromatic N) is 2. The first kappa shape index (κ1) is 12.3. The van der Waals surface area contributed by atoms with Crippen molar-refractivity contribution in [3.05, 3.63) is 39.8 Å². The normalized spacial score (nSPS) is 10.3. The number of thiazole rings is 1. The van der Waals surface area contributed by atoms with Crippen molar-refractivity contribution in [3.63, 3.8) is 0 Å². The van der Waals surface area contributed by atoms with Gasteiger partial charge in [-0.3, -0.25) is 4.79 Å². The van der Waals surface area contributed by atoms with Crippen molar-refractivity contribution < 1.29 is 4.79 Å². The first-order chi connectivity index (χ1) is 8.08. The molecule has 2 aromatic rings. The van der Waals surface area contributed by atoms with E-state index in [9.17, 15) is 4.79 Å². The second kappa shape index (κ2) is 4.98. The molecule has 0 aliphatic rings. The summed E-state index contributed by atoms with van der Waals surface area (Å²) in [5.74, 6) is -0.0652. The fraction of sp³-hybridized carbons (Fsp3) is 0.167. The maximum Gasteiger partial charge on any atom is 0.272 e. The molecule has 0 unspecified atom stereocenters. The lowest BCUT2D eigenvalue weighted by molar-refractivity contribution is 0.0823. The molecule has 0 saturated heterocycles. The maximum absolute atomic E-state index is 11.7. The van der Waals surface area contributed by atoms with E-state index in [4.69, 9.17) is 0 Å². The molecule has 0 aliphatic heterocycles. The Morgan fingerprint density at radius 2 is 1.94 bits per heavy atom. The van der Waals surface area contributed by atoms with Crippen LogP contribution < -0.4 is 0 Å². The van der Waals surface area contributed by atoms with E-state index in [1.54, 1.807) is 19.5 Å². The minimum absolute atomic E-state index is 0.0652. The van der Waals surface area contributed by atoms with E-state index in [1.807, 2.05) is 24.3 Å². The average molecular weight is 311 g/mol. The van der Waals surface area contributed by atoms with Gasteiger partial charge >= 0.3 is 0 Å². The second-order valence-electron chi connectivity index (χ2n) is 3.74. The molecule has 0 aliphatic carbocycles. The van der Waals surface area contributed by atoms with Gasteiger partial charge in [0, 0.05) is 29.5 Å². The van der Waals surface area contributed by atoms with Crippen molar-refractivity contribution in [2.75, 3.05) is 14.1 Å². The highest BCUT2D eigenvalue weighted by Crippen LogP contribution is 2.25. The fourth-order valence-corrected chi connectivity index (χ4v) is 2.39. The topological polar surface area (TPSA) is 33.2 Å². The number of aromatic nitrogens is 1. The molecule has 0 radical (unpaired) electrons. The lowest BCUT2D eigenvalue weighted by Gasteiger charge is -2.06. The van der Waals surface area contributed by atoms with Crippen LogP contribution in [0.15, 0.2) is 34.1 Å². The maximum atomic E-state index is 11.7. The molecule has 1 heterocycles. The first-order valence-corrected chi connectivity index (χ1v) is 6.68. The number of carbonyl (C=O) groups excluding carboxylic acids is 1. The molecule has 0 saturated carbocycles. The standard InChI is InChI=1S/C12H11BrN2OS/c1-15(2)12(16)10-7-17-11(14-10)8-3-5-9(13)6-4-8/h3-7H,1-2H3. The van der Waals surface area contributed by atoms with Crippen molar-refractivity contribution in [2.45, 2.75) is 0 Å². The third kappa shape index (κ3) is 2.73. The summed E-state index contributed by atoms with van der Waals surface area (Å²) >= 11 is 4.87. The molecule has 0 N–H and O–H groups in total. The number of hydrogen-bond donors (Lipinski definition) is 0. The van der Waals surface area contributed by atoms with Crippen LogP contribution in [0.25, 0.3) is 10.6 Å². The smallest absolute Gasteiger partial charge is 0.272 e. The van der Waals surface area contributed by atoms with E-state index in [2.05, 4.69) is 20.9 Å². The highest BCUT2D eigenvalue weighted by molar-refractivity contribution is 9.10.